The Balaban J connectivity index is -0.000000596. The molecule has 0 saturated heterocycles. The molecule has 0 aromatic carbocycles. The first-order valence-corrected chi connectivity index (χ1v) is 11.0. The summed E-state index contributed by atoms with van der Waals surface area (Å²) in [6, 6.07) is 0. The van der Waals surface area contributed by atoms with Gasteiger partial charge in [0.2, 0.25) is 0 Å². The third kappa shape index (κ3) is 11.8. The Labute approximate surface area is 212 Å². The van der Waals surface area contributed by atoms with E-state index in [2.05, 4.69) is 41.9 Å². The molecular weight excluding hydrogens is 620 g/mol. The third-order valence-corrected chi connectivity index (χ3v) is 4.40. The molecule has 2 N–H and O–H groups in total. The first-order valence-electron chi connectivity index (χ1n) is 9.27. The number of carbonyl (C=O) groups is 1. The molecule has 38 heavy (non-hydrogen) atoms. The van der Waals surface area contributed by atoms with Crippen LogP contribution in [0.4, 0.5) is 66.3 Å². The molecule has 6 nitrogen and oxygen atoms in total. The van der Waals surface area contributed by atoms with Crippen LogP contribution in [0.3, 0.4) is 0 Å². The maximum Gasteiger partial charge on any atom is 0.397 e. The van der Waals surface area contributed by atoms with Crippen molar-refractivity contribution in [2.45, 2.75) is 68.6 Å². The van der Waals surface area contributed by atoms with Gasteiger partial charge in [-0.15, -0.1) is 4.39 Å². The molecule has 0 aromatic rings. The van der Waals surface area contributed by atoms with Crippen molar-refractivity contribution in [2.24, 2.45) is 5.41 Å². The van der Waals surface area contributed by atoms with E-state index in [1.54, 1.807) is 0 Å². The van der Waals surface area contributed by atoms with E-state index in [0.29, 0.717) is 6.54 Å². The van der Waals surface area contributed by atoms with Gasteiger partial charge in [0, 0.05) is 6.54 Å². The second-order valence-corrected chi connectivity index (χ2v) is 9.76. The lowest BCUT2D eigenvalue weighted by molar-refractivity contribution is -0.417. The Morgan fingerprint density at radius 3 is 1.42 bits per heavy atom. The fourth-order valence-corrected chi connectivity index (χ4v) is 1.81. The van der Waals surface area contributed by atoms with Crippen LogP contribution in [-0.2, 0) is 14.6 Å². The van der Waals surface area contributed by atoms with Crippen molar-refractivity contribution in [2.75, 3.05) is 20.3 Å². The molecule has 232 valence electrons. The van der Waals surface area contributed by atoms with Crippen LogP contribution in [0.15, 0.2) is 0 Å². The molecule has 0 heterocycles. The molecule has 0 spiro atoms. The fraction of sp³-hybridized carbons (Fsp3) is 0.938. The van der Waals surface area contributed by atoms with Crippen LogP contribution in [-0.4, -0.2) is 74.5 Å². The first kappa shape index (κ1) is 41.1. The van der Waals surface area contributed by atoms with E-state index in [0.717, 1.165) is 20.0 Å². The summed E-state index contributed by atoms with van der Waals surface area (Å²) < 4.78 is 202. The van der Waals surface area contributed by atoms with Crippen molar-refractivity contribution in [1.82, 2.24) is 5.32 Å². The number of halogens is 15. The molecule has 0 fully saturated rings. The van der Waals surface area contributed by atoms with Crippen molar-refractivity contribution < 1.29 is 83.4 Å². The van der Waals surface area contributed by atoms with Crippen LogP contribution in [0.25, 0.3) is 0 Å². The highest BCUT2D eigenvalue weighted by molar-refractivity contribution is 7.80. The van der Waals surface area contributed by atoms with Crippen molar-refractivity contribution in [1.29, 1.82) is 0 Å². The summed E-state index contributed by atoms with van der Waals surface area (Å²) in [5, 5.41) is -4.37. The summed E-state index contributed by atoms with van der Waals surface area (Å²) in [6.45, 7) is 3.14. The van der Waals surface area contributed by atoms with Crippen molar-refractivity contribution in [3.63, 3.8) is 0 Å². The van der Waals surface area contributed by atoms with Gasteiger partial charge in [0.25, 0.3) is 0 Å². The van der Waals surface area contributed by atoms with Gasteiger partial charge in [-0.1, -0.05) is 20.8 Å². The Hall–Kier alpha value is -1.35. The Morgan fingerprint density at radius 1 is 0.842 bits per heavy atom. The SMILES string of the molecule is CC(C)(C)CCCNC(=O)F.COS(=O)(=O)O.FCC(F)(F)C(F)(F)C(F)(F)C(F)(F)C(F)(F)C(F)(F)Cl. The minimum absolute atomic E-state index is 0.265. The van der Waals surface area contributed by atoms with Crippen LogP contribution in [0, 0.1) is 5.41 Å². The molecule has 0 radical (unpaired) electrons. The van der Waals surface area contributed by atoms with Crippen LogP contribution in [0.5, 0.6) is 0 Å². The Morgan fingerprint density at radius 2 is 1.18 bits per heavy atom. The van der Waals surface area contributed by atoms with Gasteiger partial charge < -0.3 is 5.32 Å². The number of carbonyl (C=O) groups excluding carboxylic acids is 1. The summed E-state index contributed by atoms with van der Waals surface area (Å²) in [7, 11) is -3.29. The largest absolute Gasteiger partial charge is 0.397 e. The van der Waals surface area contributed by atoms with Crippen LogP contribution in [0.1, 0.15) is 33.6 Å². The molecule has 0 aliphatic heterocycles. The first-order chi connectivity index (χ1) is 16.3. The van der Waals surface area contributed by atoms with Crippen LogP contribution >= 0.6 is 11.6 Å². The molecule has 0 rings (SSSR count). The second kappa shape index (κ2) is 13.8. The van der Waals surface area contributed by atoms with E-state index in [-0.39, 0.29) is 5.41 Å². The average Bonchev–Trinajstić information content (AvgIpc) is 2.69. The number of rotatable bonds is 10. The van der Waals surface area contributed by atoms with Gasteiger partial charge in [0.05, 0.1) is 7.11 Å². The molecule has 0 bridgehead atoms. The van der Waals surface area contributed by atoms with E-state index in [1.165, 1.54) is 0 Å². The van der Waals surface area contributed by atoms with Gasteiger partial charge in [-0.25, -0.2) is 9.18 Å². The molecular formula is C16H22ClF14NO5S. The quantitative estimate of drug-likeness (QED) is 0.0677. The summed E-state index contributed by atoms with van der Waals surface area (Å²) in [5.74, 6) is -36.8. The summed E-state index contributed by atoms with van der Waals surface area (Å²) in [5.41, 5.74) is 0.265. The van der Waals surface area contributed by atoms with E-state index in [4.69, 9.17) is 4.55 Å². The zero-order valence-electron chi connectivity index (χ0n) is 19.5. The monoisotopic (exact) mass is 641 g/mol. The highest BCUT2D eigenvalue weighted by Crippen LogP contribution is 2.60. The summed E-state index contributed by atoms with van der Waals surface area (Å²) >= 11 is 3.41. The van der Waals surface area contributed by atoms with Crippen LogP contribution in [0.2, 0.25) is 0 Å². The van der Waals surface area contributed by atoms with E-state index < -0.39 is 58.2 Å². The average molecular weight is 642 g/mol. The summed E-state index contributed by atoms with van der Waals surface area (Å²) in [6.07, 6.45) is 0.394. The predicted octanol–water partition coefficient (Wildman–Crippen LogP) is 6.89. The van der Waals surface area contributed by atoms with Crippen molar-refractivity contribution in [3.05, 3.63) is 0 Å². The molecule has 0 unspecified atom stereocenters. The molecule has 0 aromatic heterocycles. The second-order valence-electron chi connectivity index (χ2n) is 8.09. The molecule has 22 heteroatoms. The van der Waals surface area contributed by atoms with Gasteiger partial charge in [0.1, 0.15) is 0 Å². The lowest BCUT2D eigenvalue weighted by Gasteiger charge is -2.39. The highest BCUT2D eigenvalue weighted by Gasteiger charge is 2.90. The minimum atomic E-state index is -7.75. The van der Waals surface area contributed by atoms with E-state index in [9.17, 15) is 74.7 Å². The smallest absolute Gasteiger partial charge is 0.328 e. The topological polar surface area (TPSA) is 92.7 Å². The number of hydrogen-bond donors (Lipinski definition) is 2. The Kier molecular flexibility index (Phi) is 15.0. The highest BCUT2D eigenvalue weighted by atomic mass is 35.5. The number of nitrogens with one attached hydrogen (secondary N) is 1. The number of amides is 1. The summed E-state index contributed by atoms with van der Waals surface area (Å²) in [4.78, 5) is 9.79. The fourth-order valence-electron chi connectivity index (χ4n) is 1.69. The number of alkyl halides is 14. The van der Waals surface area contributed by atoms with Gasteiger partial charge in [-0.3, -0.25) is 8.74 Å². The maximum atomic E-state index is 12.7. The maximum absolute atomic E-state index is 12.7. The molecule has 0 atom stereocenters. The molecule has 0 aliphatic rings. The lowest BCUT2D eigenvalue weighted by Crippen LogP contribution is -2.70. The Bertz CT molecular complexity index is 844. The van der Waals surface area contributed by atoms with E-state index in [1.807, 2.05) is 0 Å². The van der Waals surface area contributed by atoms with Crippen molar-refractivity contribution in [3.8, 4) is 0 Å². The zero-order chi connectivity index (χ0) is 31.8. The minimum Gasteiger partial charge on any atom is -0.328 e. The van der Waals surface area contributed by atoms with E-state index >= 15 is 0 Å². The third-order valence-electron chi connectivity index (χ3n) is 3.74. The van der Waals surface area contributed by atoms with Crippen molar-refractivity contribution >= 4 is 28.2 Å². The van der Waals surface area contributed by atoms with Crippen LogP contribution < -0.4 is 5.32 Å². The molecule has 1 amide bonds. The normalized spacial score (nSPS) is 14.1. The predicted molar refractivity (Wildman–Crippen MR) is 103 cm³/mol. The van der Waals surface area contributed by atoms with Gasteiger partial charge in [0.15, 0.2) is 6.67 Å². The van der Waals surface area contributed by atoms with Gasteiger partial charge in [-0.2, -0.15) is 61.1 Å². The zero-order valence-corrected chi connectivity index (χ0v) is 21.1. The van der Waals surface area contributed by atoms with Gasteiger partial charge in [-0.05, 0) is 29.9 Å². The standard InChI is InChI=1S/C8H16FNO.C7H2ClF13.CH4O4S/c1-8(2,3)5-4-6-10-7(9)11;8-7(20,21)6(18,19)5(16,17)4(14,15)3(12,13)2(10,11)1-9;1-5-6(2,3)4/h4-6H2,1-3H3,(H,10,11);1H2;1H3,(H,2,3,4). The molecule has 0 saturated carbocycles. The lowest BCUT2D eigenvalue weighted by atomic mass is 9.91. The number of hydrogen-bond acceptors (Lipinski definition) is 4. The molecule has 0 aliphatic carbocycles. The van der Waals surface area contributed by atoms with Gasteiger partial charge >= 0.3 is 51.6 Å².